The Kier molecular flexibility index (Phi) is 9.72. The van der Waals surface area contributed by atoms with Crippen LogP contribution in [0.2, 0.25) is 0 Å². The SMILES string of the molecule is O=C(CSc1nc2ccc(NC(=O)c3ccccc3C(=O)N3CCN(c4ccccc4)CC3)cc2s1)NCCc1ccccc1. The number of rotatable bonds is 10. The van der Waals surface area contributed by atoms with E-state index in [1.807, 2.05) is 65.6 Å². The summed E-state index contributed by atoms with van der Waals surface area (Å²) in [5.74, 6) is -0.233. The van der Waals surface area contributed by atoms with Crippen molar-refractivity contribution >= 4 is 62.4 Å². The van der Waals surface area contributed by atoms with Crippen LogP contribution in [0.25, 0.3) is 10.2 Å². The maximum absolute atomic E-state index is 13.5. The summed E-state index contributed by atoms with van der Waals surface area (Å²) in [6, 6.07) is 32.7. The van der Waals surface area contributed by atoms with E-state index in [4.69, 9.17) is 0 Å². The minimum Gasteiger partial charge on any atom is -0.368 e. The molecule has 1 aliphatic rings. The number of hydrogen-bond acceptors (Lipinski definition) is 7. The van der Waals surface area contributed by atoms with Gasteiger partial charge in [-0.15, -0.1) is 11.3 Å². The van der Waals surface area contributed by atoms with Gasteiger partial charge in [-0.25, -0.2) is 4.98 Å². The first-order valence-electron chi connectivity index (χ1n) is 14.9. The number of anilines is 2. The molecule has 8 nitrogen and oxygen atoms in total. The van der Waals surface area contributed by atoms with Crippen molar-refractivity contribution in [3.8, 4) is 0 Å². The highest BCUT2D eigenvalue weighted by molar-refractivity contribution is 8.01. The van der Waals surface area contributed by atoms with Gasteiger partial charge >= 0.3 is 0 Å². The zero-order valence-corrected chi connectivity index (χ0v) is 26.3. The number of hydrogen-bond donors (Lipinski definition) is 2. The molecule has 1 saturated heterocycles. The van der Waals surface area contributed by atoms with E-state index >= 15 is 0 Å². The number of carbonyl (C=O) groups excluding carboxylic acids is 3. The molecule has 6 rings (SSSR count). The molecule has 4 aromatic carbocycles. The maximum Gasteiger partial charge on any atom is 0.256 e. The number of thiazole rings is 1. The Morgan fingerprint density at radius 1 is 0.800 bits per heavy atom. The van der Waals surface area contributed by atoms with Crippen molar-refractivity contribution in [2.75, 3.05) is 48.7 Å². The molecule has 1 fully saturated rings. The second-order valence-electron chi connectivity index (χ2n) is 10.7. The highest BCUT2D eigenvalue weighted by atomic mass is 32.2. The molecule has 10 heteroatoms. The second kappa shape index (κ2) is 14.4. The number of benzene rings is 4. The van der Waals surface area contributed by atoms with Gasteiger partial charge in [-0.3, -0.25) is 14.4 Å². The number of carbonyl (C=O) groups is 3. The topological polar surface area (TPSA) is 94.6 Å². The van der Waals surface area contributed by atoms with Crippen molar-refractivity contribution < 1.29 is 14.4 Å². The quantitative estimate of drug-likeness (QED) is 0.184. The van der Waals surface area contributed by atoms with Crippen LogP contribution in [0.15, 0.2) is 107 Å². The van der Waals surface area contributed by atoms with E-state index in [9.17, 15) is 14.4 Å². The molecule has 5 aromatic rings. The summed E-state index contributed by atoms with van der Waals surface area (Å²) in [6.45, 7) is 3.23. The van der Waals surface area contributed by atoms with Gasteiger partial charge in [0.05, 0.1) is 27.1 Å². The van der Waals surface area contributed by atoms with E-state index in [1.165, 1.54) is 28.7 Å². The molecule has 2 N–H and O–H groups in total. The Hall–Kier alpha value is -4.67. The Morgan fingerprint density at radius 3 is 2.24 bits per heavy atom. The molecule has 45 heavy (non-hydrogen) atoms. The third-order valence-corrected chi connectivity index (χ3v) is 9.78. The third-order valence-electron chi connectivity index (χ3n) is 7.62. The molecule has 3 amide bonds. The van der Waals surface area contributed by atoms with Gasteiger partial charge in [0, 0.05) is 44.1 Å². The summed E-state index contributed by atoms with van der Waals surface area (Å²) in [5, 5.41) is 5.93. The number of thioether (sulfide) groups is 1. The number of nitrogens with zero attached hydrogens (tertiary/aromatic N) is 3. The highest BCUT2D eigenvalue weighted by Crippen LogP contribution is 2.31. The summed E-state index contributed by atoms with van der Waals surface area (Å²) in [5.41, 5.74) is 4.48. The van der Waals surface area contributed by atoms with Crippen molar-refractivity contribution in [3.05, 3.63) is 120 Å². The largest absolute Gasteiger partial charge is 0.368 e. The van der Waals surface area contributed by atoms with E-state index in [2.05, 4.69) is 32.7 Å². The van der Waals surface area contributed by atoms with Crippen molar-refractivity contribution in [1.82, 2.24) is 15.2 Å². The summed E-state index contributed by atoms with van der Waals surface area (Å²) in [6.07, 6.45) is 0.789. The monoisotopic (exact) mass is 635 g/mol. The average molecular weight is 636 g/mol. The first-order valence-corrected chi connectivity index (χ1v) is 16.7. The molecule has 0 atom stereocenters. The minimum absolute atomic E-state index is 0.0329. The molecule has 0 spiro atoms. The summed E-state index contributed by atoms with van der Waals surface area (Å²) in [4.78, 5) is 48.0. The summed E-state index contributed by atoms with van der Waals surface area (Å²) < 4.78 is 1.69. The van der Waals surface area contributed by atoms with Crippen LogP contribution in [-0.2, 0) is 11.2 Å². The first kappa shape index (κ1) is 30.4. The fraction of sp³-hybridized carbons (Fsp3) is 0.200. The molecule has 2 heterocycles. The molecule has 0 bridgehead atoms. The van der Waals surface area contributed by atoms with E-state index in [0.717, 1.165) is 39.8 Å². The molecule has 0 aliphatic carbocycles. The van der Waals surface area contributed by atoms with Gasteiger partial charge in [-0.2, -0.15) is 0 Å². The van der Waals surface area contributed by atoms with E-state index in [0.29, 0.717) is 36.4 Å². The number of fused-ring (bicyclic) bond motifs is 1. The van der Waals surface area contributed by atoms with Gasteiger partial charge in [0.1, 0.15) is 0 Å². The Balaban J connectivity index is 1.04. The Bertz CT molecular complexity index is 1790. The van der Waals surface area contributed by atoms with Crippen LogP contribution in [0.4, 0.5) is 11.4 Å². The van der Waals surface area contributed by atoms with Gasteiger partial charge in [-0.1, -0.05) is 72.4 Å². The lowest BCUT2D eigenvalue weighted by Gasteiger charge is -2.36. The number of amides is 3. The molecule has 0 unspecified atom stereocenters. The van der Waals surface area contributed by atoms with Crippen molar-refractivity contribution in [3.63, 3.8) is 0 Å². The smallest absolute Gasteiger partial charge is 0.256 e. The fourth-order valence-electron chi connectivity index (χ4n) is 5.26. The normalized spacial score (nSPS) is 13.1. The zero-order chi connectivity index (χ0) is 31.0. The van der Waals surface area contributed by atoms with Gasteiger partial charge in [0.25, 0.3) is 11.8 Å². The Morgan fingerprint density at radius 2 is 1.49 bits per heavy atom. The maximum atomic E-state index is 13.5. The molecule has 0 radical (unpaired) electrons. The lowest BCUT2D eigenvalue weighted by atomic mass is 10.0. The van der Waals surface area contributed by atoms with Gasteiger partial charge in [-0.05, 0) is 54.4 Å². The van der Waals surface area contributed by atoms with Crippen LogP contribution in [-0.4, -0.2) is 66.1 Å². The van der Waals surface area contributed by atoms with E-state index in [1.54, 1.807) is 30.3 Å². The number of para-hydroxylation sites is 1. The van der Waals surface area contributed by atoms with Crippen molar-refractivity contribution in [1.29, 1.82) is 0 Å². The van der Waals surface area contributed by atoms with Crippen LogP contribution in [0, 0.1) is 0 Å². The fourth-order valence-corrected chi connectivity index (χ4v) is 7.19. The van der Waals surface area contributed by atoms with Crippen molar-refractivity contribution in [2.24, 2.45) is 0 Å². The standard InChI is InChI=1S/C35H33N5O3S2/c41-32(36-18-17-25-9-3-1-4-10-25)24-44-35-38-30-16-15-26(23-31(30)45-35)37-33(42)28-13-7-8-14-29(28)34(43)40-21-19-39(20-22-40)27-11-5-2-6-12-27/h1-16,23H,17-22,24H2,(H,36,41)(H,37,42). The predicted molar refractivity (Wildman–Crippen MR) is 182 cm³/mol. The highest BCUT2D eigenvalue weighted by Gasteiger charge is 2.25. The van der Waals surface area contributed by atoms with Crippen molar-refractivity contribution in [2.45, 2.75) is 10.8 Å². The average Bonchev–Trinajstić information content (AvgIpc) is 3.50. The van der Waals surface area contributed by atoms with Gasteiger partial charge in [0.2, 0.25) is 5.91 Å². The molecule has 1 aromatic heterocycles. The molecule has 0 saturated carbocycles. The van der Waals surface area contributed by atoms with Crippen LogP contribution in [0.1, 0.15) is 26.3 Å². The molecule has 228 valence electrons. The lowest BCUT2D eigenvalue weighted by molar-refractivity contribution is -0.118. The number of nitrogens with one attached hydrogen (secondary N) is 2. The molecular formula is C35H33N5O3S2. The second-order valence-corrected chi connectivity index (χ2v) is 12.9. The lowest BCUT2D eigenvalue weighted by Crippen LogP contribution is -2.49. The van der Waals surface area contributed by atoms with Gasteiger partial charge < -0.3 is 20.4 Å². The number of piperazine rings is 1. The first-order chi connectivity index (χ1) is 22.0. The van der Waals surface area contributed by atoms with Crippen LogP contribution >= 0.6 is 23.1 Å². The molecular weight excluding hydrogens is 603 g/mol. The molecule has 1 aliphatic heterocycles. The zero-order valence-electron chi connectivity index (χ0n) is 24.6. The summed E-state index contributed by atoms with van der Waals surface area (Å²) in [7, 11) is 0. The predicted octanol–water partition coefficient (Wildman–Crippen LogP) is 5.96. The third kappa shape index (κ3) is 7.71. The van der Waals surface area contributed by atoms with E-state index in [-0.39, 0.29) is 23.5 Å². The van der Waals surface area contributed by atoms with E-state index < -0.39 is 0 Å². The van der Waals surface area contributed by atoms with Gasteiger partial charge in [0.15, 0.2) is 4.34 Å². The summed E-state index contributed by atoms with van der Waals surface area (Å²) >= 11 is 2.88. The minimum atomic E-state index is -0.340. The van der Waals surface area contributed by atoms with Crippen LogP contribution in [0.3, 0.4) is 0 Å². The van der Waals surface area contributed by atoms with Crippen LogP contribution in [0.5, 0.6) is 0 Å². The van der Waals surface area contributed by atoms with Crippen LogP contribution < -0.4 is 15.5 Å². The number of aromatic nitrogens is 1. The Labute approximate surface area is 270 Å².